The first-order valence-corrected chi connectivity index (χ1v) is 11.3. The van der Waals surface area contributed by atoms with Crippen LogP contribution < -0.4 is 9.80 Å². The van der Waals surface area contributed by atoms with E-state index >= 15 is 0 Å². The Morgan fingerprint density at radius 1 is 1.03 bits per heavy atom. The van der Waals surface area contributed by atoms with Gasteiger partial charge in [-0.25, -0.2) is 4.39 Å². The fraction of sp³-hybridized carbons (Fsp3) is 0.214. The third-order valence-electron chi connectivity index (χ3n) is 6.37. The summed E-state index contributed by atoms with van der Waals surface area (Å²) in [6, 6.07) is 23.9. The molecule has 5 nitrogen and oxygen atoms in total. The summed E-state index contributed by atoms with van der Waals surface area (Å²) in [6.45, 7) is 3.92. The van der Waals surface area contributed by atoms with Gasteiger partial charge in [-0.3, -0.25) is 9.28 Å². The van der Waals surface area contributed by atoms with E-state index in [0.717, 1.165) is 27.7 Å². The lowest BCUT2D eigenvalue weighted by Crippen LogP contribution is -2.39. The minimum Gasteiger partial charge on any atom is -0.347 e. The van der Waals surface area contributed by atoms with Crippen molar-refractivity contribution >= 4 is 22.5 Å². The van der Waals surface area contributed by atoms with Gasteiger partial charge in [0, 0.05) is 24.0 Å². The molecule has 0 fully saturated rings. The maximum atomic E-state index is 13.9. The Labute approximate surface area is 199 Å². The number of aromatic nitrogens is 1. The Morgan fingerprint density at radius 2 is 1.79 bits per heavy atom. The van der Waals surface area contributed by atoms with Crippen LogP contribution in [0.2, 0.25) is 0 Å². The number of quaternary nitrogens is 1. The van der Waals surface area contributed by atoms with Gasteiger partial charge in [-0.2, -0.15) is 5.26 Å². The first kappa shape index (κ1) is 23.2. The fourth-order valence-electron chi connectivity index (χ4n) is 3.99. The number of halogens is 1. The summed E-state index contributed by atoms with van der Waals surface area (Å²) in [5.41, 5.74) is 4.87. The van der Waals surface area contributed by atoms with Crippen LogP contribution in [0.4, 0.5) is 10.1 Å². The molecule has 0 saturated carbocycles. The van der Waals surface area contributed by atoms with Crippen molar-refractivity contribution in [3.05, 3.63) is 101 Å². The first-order chi connectivity index (χ1) is 16.3. The lowest BCUT2D eigenvalue weighted by Gasteiger charge is -2.27. The van der Waals surface area contributed by atoms with Gasteiger partial charge in [-0.05, 0) is 66.6 Å². The smallest absolute Gasteiger partial charge is 0.268 e. The zero-order chi connectivity index (χ0) is 24.3. The van der Waals surface area contributed by atoms with Gasteiger partial charge in [0.25, 0.3) is 5.91 Å². The largest absolute Gasteiger partial charge is 0.347 e. The second-order valence-corrected chi connectivity index (χ2v) is 8.98. The zero-order valence-corrected chi connectivity index (χ0v) is 19.7. The number of nitriles is 1. The predicted molar refractivity (Wildman–Crippen MR) is 134 cm³/mol. The predicted octanol–water partition coefficient (Wildman–Crippen LogP) is 5.22. The molecule has 0 saturated heterocycles. The molecule has 172 valence electrons. The molecule has 34 heavy (non-hydrogen) atoms. The quantitative estimate of drug-likeness (QED) is 0.389. The summed E-state index contributed by atoms with van der Waals surface area (Å²) in [4.78, 5) is 13.2. The minimum atomic E-state index is -0.350. The third-order valence-corrected chi connectivity index (χ3v) is 6.37. The van der Waals surface area contributed by atoms with Gasteiger partial charge >= 0.3 is 0 Å². The van der Waals surface area contributed by atoms with Crippen molar-refractivity contribution in [2.75, 3.05) is 20.6 Å². The molecule has 0 aliphatic heterocycles. The molecular formula is C28H28FN4O+. The first-order valence-electron chi connectivity index (χ1n) is 11.3. The Balaban J connectivity index is 1.59. The van der Waals surface area contributed by atoms with Crippen LogP contribution in [0.3, 0.4) is 0 Å². The molecule has 0 spiro atoms. The number of rotatable bonds is 7. The molecule has 0 radical (unpaired) electrons. The van der Waals surface area contributed by atoms with Gasteiger partial charge < -0.3 is 9.88 Å². The molecule has 1 aromatic heterocycles. The number of carbonyl (C=O) groups excluding carboxylic acids is 1. The van der Waals surface area contributed by atoms with Gasteiger partial charge in [0.2, 0.25) is 0 Å². The van der Waals surface area contributed by atoms with Crippen LogP contribution in [0.5, 0.6) is 0 Å². The van der Waals surface area contributed by atoms with Gasteiger partial charge in [-0.15, -0.1) is 0 Å². The number of nitrogens with zero attached hydrogens (tertiary/aromatic N) is 3. The molecule has 1 N–H and O–H groups in total. The van der Waals surface area contributed by atoms with Crippen LogP contribution in [-0.2, 0) is 13.1 Å². The van der Waals surface area contributed by atoms with Crippen LogP contribution in [0.15, 0.2) is 72.8 Å². The number of hydrogen-bond acceptors (Lipinski definition) is 2. The number of hydrogen-bond donors (Lipinski definition) is 1. The lowest BCUT2D eigenvalue weighted by molar-refractivity contribution is 0.0942. The van der Waals surface area contributed by atoms with Crippen LogP contribution >= 0.6 is 0 Å². The van der Waals surface area contributed by atoms with E-state index in [1.807, 2.05) is 28.8 Å². The van der Waals surface area contributed by atoms with E-state index in [1.165, 1.54) is 17.8 Å². The van der Waals surface area contributed by atoms with Gasteiger partial charge in [-0.1, -0.05) is 24.3 Å². The van der Waals surface area contributed by atoms with E-state index in [9.17, 15) is 14.4 Å². The number of amides is 1. The van der Waals surface area contributed by atoms with Crippen molar-refractivity contribution in [2.45, 2.75) is 20.0 Å². The number of carbonyl (C=O) groups is 1. The van der Waals surface area contributed by atoms with Crippen LogP contribution in [0.1, 0.15) is 34.1 Å². The van der Waals surface area contributed by atoms with Crippen LogP contribution in [-0.4, -0.2) is 31.1 Å². The number of fused-ring (bicyclic) bond motifs is 1. The summed E-state index contributed by atoms with van der Waals surface area (Å²) < 4.78 is 16.5. The summed E-state index contributed by atoms with van der Waals surface area (Å²) in [7, 11) is 4.31. The Kier molecular flexibility index (Phi) is 6.49. The maximum absolute atomic E-state index is 13.9. The van der Waals surface area contributed by atoms with E-state index < -0.39 is 0 Å². The van der Waals surface area contributed by atoms with Crippen LogP contribution in [0, 0.1) is 17.1 Å². The average Bonchev–Trinajstić information content (AvgIpc) is 3.20. The summed E-state index contributed by atoms with van der Waals surface area (Å²) in [5, 5.41) is 12.9. The Bertz CT molecular complexity index is 1380. The molecule has 6 heteroatoms. The van der Waals surface area contributed by atoms with Gasteiger partial charge in [0.05, 0.1) is 32.3 Å². The van der Waals surface area contributed by atoms with E-state index in [2.05, 4.69) is 44.5 Å². The summed E-state index contributed by atoms with van der Waals surface area (Å²) in [5.74, 6) is -0.585. The summed E-state index contributed by atoms with van der Waals surface area (Å²) >= 11 is 0. The Hall–Kier alpha value is -3.95. The number of nitrogens with one attached hydrogen (secondary N) is 1. The molecule has 3 aromatic carbocycles. The molecular weight excluding hydrogens is 427 g/mol. The monoisotopic (exact) mass is 455 g/mol. The van der Waals surface area contributed by atoms with E-state index in [4.69, 9.17) is 0 Å². The molecule has 0 aliphatic rings. The highest BCUT2D eigenvalue weighted by molar-refractivity contribution is 5.98. The van der Waals surface area contributed by atoms with Crippen molar-refractivity contribution in [2.24, 2.45) is 0 Å². The fourth-order valence-corrected chi connectivity index (χ4v) is 3.99. The lowest BCUT2D eigenvalue weighted by atomic mass is 10.1. The normalized spacial score (nSPS) is 11.4. The molecule has 4 aromatic rings. The molecule has 4 rings (SSSR count). The molecule has 0 aliphatic carbocycles. The van der Waals surface area contributed by atoms with Crippen molar-refractivity contribution in [3.8, 4) is 6.07 Å². The van der Waals surface area contributed by atoms with Crippen molar-refractivity contribution in [1.29, 1.82) is 5.26 Å². The van der Waals surface area contributed by atoms with Crippen molar-refractivity contribution in [3.63, 3.8) is 0 Å². The molecule has 0 unspecified atom stereocenters. The van der Waals surface area contributed by atoms with E-state index in [1.54, 1.807) is 24.3 Å². The van der Waals surface area contributed by atoms with E-state index in [-0.39, 0.29) is 11.7 Å². The average molecular weight is 456 g/mol. The van der Waals surface area contributed by atoms with Crippen LogP contribution in [0.25, 0.3) is 10.9 Å². The maximum Gasteiger partial charge on any atom is 0.268 e. The highest BCUT2D eigenvalue weighted by Crippen LogP contribution is 2.24. The molecule has 0 atom stereocenters. The number of benzene rings is 3. The highest BCUT2D eigenvalue weighted by Gasteiger charge is 2.18. The molecule has 1 amide bonds. The van der Waals surface area contributed by atoms with E-state index in [0.29, 0.717) is 29.7 Å². The standard InChI is InChI=1S/C28H27FN4O/c1-4-33(2,3)25-11-8-20(9-12-25)18-31-28(34)27-16-23-15-24(29)10-13-26(23)32(27)19-22-7-5-6-21(14-22)17-30/h5-16H,4,18-19H2,1-3H3/p+1. The summed E-state index contributed by atoms with van der Waals surface area (Å²) in [6.07, 6.45) is 0. The van der Waals surface area contributed by atoms with Crippen molar-refractivity contribution < 1.29 is 9.18 Å². The van der Waals surface area contributed by atoms with Crippen molar-refractivity contribution in [1.82, 2.24) is 14.4 Å². The highest BCUT2D eigenvalue weighted by atomic mass is 19.1. The second kappa shape index (κ2) is 9.50. The molecule has 0 bridgehead atoms. The van der Waals surface area contributed by atoms with Gasteiger partial charge in [0.15, 0.2) is 0 Å². The topological polar surface area (TPSA) is 57.8 Å². The Morgan fingerprint density at radius 3 is 2.50 bits per heavy atom. The minimum absolute atomic E-state index is 0.234. The zero-order valence-electron chi connectivity index (χ0n) is 19.7. The second-order valence-electron chi connectivity index (χ2n) is 8.98. The van der Waals surface area contributed by atoms with Gasteiger partial charge in [0.1, 0.15) is 17.2 Å². The SMILES string of the molecule is CC[N+](C)(C)c1ccc(CNC(=O)c2cc3cc(F)ccc3n2Cc2cccc(C#N)c2)cc1. The third kappa shape index (κ3) is 4.85. The molecule has 1 heterocycles.